The van der Waals surface area contributed by atoms with E-state index in [-0.39, 0.29) is 10.8 Å². The Morgan fingerprint density at radius 2 is 1.60 bits per heavy atom. The second-order valence-electron chi connectivity index (χ2n) is 7.90. The fourth-order valence-corrected chi connectivity index (χ4v) is 3.79. The zero-order valence-corrected chi connectivity index (χ0v) is 14.8. The van der Waals surface area contributed by atoms with Crippen LogP contribution in [0.5, 0.6) is 0 Å². The lowest BCUT2D eigenvalue weighted by molar-refractivity contribution is 0.544. The summed E-state index contributed by atoms with van der Waals surface area (Å²) < 4.78 is 1.21. The Kier molecular flexibility index (Phi) is 3.70. The summed E-state index contributed by atoms with van der Waals surface area (Å²) in [5, 5.41) is 0. The second kappa shape index (κ2) is 4.80. The van der Waals surface area contributed by atoms with Crippen molar-refractivity contribution < 1.29 is 0 Å². The highest BCUT2D eigenvalue weighted by Gasteiger charge is 2.30. The number of fused-ring (bicyclic) bond motifs is 1. The molecular weight excluding hydrogens is 264 g/mol. The zero-order valence-electron chi connectivity index (χ0n) is 14.0. The predicted octanol–water partition coefficient (Wildman–Crippen LogP) is 5.41. The van der Waals surface area contributed by atoms with Crippen molar-refractivity contribution in [2.45, 2.75) is 72.1 Å². The normalized spacial score (nSPS) is 13.4. The Bertz CT molecular complexity index is 625. The summed E-state index contributed by atoms with van der Waals surface area (Å²) in [5.74, 6) is 1.31. The molecule has 0 aliphatic rings. The van der Waals surface area contributed by atoms with Gasteiger partial charge in [0.2, 0.25) is 0 Å². The van der Waals surface area contributed by atoms with Crippen molar-refractivity contribution in [3.05, 3.63) is 22.5 Å². The van der Waals surface area contributed by atoms with Crippen molar-refractivity contribution >= 4 is 21.6 Å². The van der Waals surface area contributed by atoms with Crippen LogP contribution < -0.4 is 0 Å². The van der Waals surface area contributed by atoms with E-state index in [1.807, 2.05) is 17.5 Å². The molecule has 0 radical (unpaired) electrons. The monoisotopic (exact) mass is 290 g/mol. The van der Waals surface area contributed by atoms with Crippen molar-refractivity contribution in [1.29, 1.82) is 0 Å². The first-order valence-corrected chi connectivity index (χ1v) is 8.14. The van der Waals surface area contributed by atoms with E-state index in [1.54, 1.807) is 0 Å². The van der Waals surface area contributed by atoms with E-state index in [9.17, 15) is 0 Å². The number of thiophene rings is 1. The highest BCUT2D eigenvalue weighted by atomic mass is 32.1. The maximum absolute atomic E-state index is 4.87. The molecule has 0 aliphatic heterocycles. The Labute approximate surface area is 126 Å². The lowest BCUT2D eigenvalue weighted by Crippen LogP contribution is -2.20. The summed E-state index contributed by atoms with van der Waals surface area (Å²) in [5.41, 5.74) is 2.80. The molecule has 0 atom stereocenters. The van der Waals surface area contributed by atoms with Gasteiger partial charge in [0.25, 0.3) is 0 Å². The fourth-order valence-electron chi connectivity index (χ4n) is 2.41. The molecule has 0 spiro atoms. The third-order valence-corrected chi connectivity index (χ3v) is 4.94. The minimum Gasteiger partial charge on any atom is -0.240 e. The molecule has 2 nitrogen and oxygen atoms in total. The summed E-state index contributed by atoms with van der Waals surface area (Å²) in [7, 11) is 0. The smallest absolute Gasteiger partial charge is 0.131 e. The molecule has 0 fully saturated rings. The predicted molar refractivity (Wildman–Crippen MR) is 88.9 cm³/mol. The number of rotatable bonds is 1. The van der Waals surface area contributed by atoms with E-state index in [1.165, 1.54) is 15.1 Å². The van der Waals surface area contributed by atoms with Crippen LogP contribution in [0.1, 0.15) is 77.6 Å². The van der Waals surface area contributed by atoms with Gasteiger partial charge in [0, 0.05) is 17.0 Å². The molecule has 110 valence electrons. The first-order valence-electron chi connectivity index (χ1n) is 7.32. The molecule has 20 heavy (non-hydrogen) atoms. The lowest BCUT2D eigenvalue weighted by atomic mass is 9.80. The molecule has 3 heteroatoms. The van der Waals surface area contributed by atoms with Crippen molar-refractivity contribution in [2.24, 2.45) is 0 Å². The molecule has 0 N–H and O–H groups in total. The second-order valence-corrected chi connectivity index (χ2v) is 8.95. The van der Waals surface area contributed by atoms with Crippen LogP contribution in [-0.4, -0.2) is 9.97 Å². The SMILES string of the molecule is CC(C)c1ncc2sc(C(C)(C)C)c(C(C)(C)C)c2n1. The summed E-state index contributed by atoms with van der Waals surface area (Å²) in [6.07, 6.45) is 2.01. The van der Waals surface area contributed by atoms with Crippen LogP contribution in [-0.2, 0) is 10.8 Å². The summed E-state index contributed by atoms with van der Waals surface area (Å²) in [6, 6.07) is 0. The van der Waals surface area contributed by atoms with Crippen LogP contribution in [0.2, 0.25) is 0 Å². The first-order chi connectivity index (χ1) is 9.01. The Morgan fingerprint density at radius 1 is 1.00 bits per heavy atom. The van der Waals surface area contributed by atoms with E-state index in [4.69, 9.17) is 4.98 Å². The van der Waals surface area contributed by atoms with Gasteiger partial charge in [-0.2, -0.15) is 0 Å². The van der Waals surface area contributed by atoms with E-state index in [2.05, 4.69) is 60.4 Å². The third kappa shape index (κ3) is 2.73. The Balaban J connectivity index is 2.83. The topological polar surface area (TPSA) is 25.8 Å². The van der Waals surface area contributed by atoms with Gasteiger partial charge in [0.1, 0.15) is 5.82 Å². The van der Waals surface area contributed by atoms with Gasteiger partial charge in [-0.3, -0.25) is 0 Å². The van der Waals surface area contributed by atoms with Gasteiger partial charge in [0.15, 0.2) is 0 Å². The van der Waals surface area contributed by atoms with Crippen LogP contribution in [0.25, 0.3) is 10.2 Å². The summed E-state index contributed by atoms with van der Waals surface area (Å²) in [4.78, 5) is 10.8. The van der Waals surface area contributed by atoms with Gasteiger partial charge in [0.05, 0.1) is 10.2 Å². The molecule has 0 amide bonds. The molecule has 2 rings (SSSR count). The molecule has 2 heterocycles. The molecule has 0 unspecified atom stereocenters. The Morgan fingerprint density at radius 3 is 2.05 bits per heavy atom. The average molecular weight is 290 g/mol. The molecular formula is C17H26N2S. The molecule has 0 bridgehead atoms. The van der Waals surface area contributed by atoms with Gasteiger partial charge in [-0.1, -0.05) is 55.4 Å². The van der Waals surface area contributed by atoms with Gasteiger partial charge in [-0.05, 0) is 16.4 Å². The summed E-state index contributed by atoms with van der Waals surface area (Å²) >= 11 is 1.85. The van der Waals surface area contributed by atoms with Crippen molar-refractivity contribution in [3.63, 3.8) is 0 Å². The fraction of sp³-hybridized carbons (Fsp3) is 0.647. The van der Waals surface area contributed by atoms with Gasteiger partial charge in [-0.15, -0.1) is 11.3 Å². The van der Waals surface area contributed by atoms with E-state index < -0.39 is 0 Å². The maximum Gasteiger partial charge on any atom is 0.131 e. The highest BCUT2D eigenvalue weighted by Crippen LogP contribution is 2.43. The van der Waals surface area contributed by atoms with Crippen molar-refractivity contribution in [1.82, 2.24) is 9.97 Å². The molecule has 2 aromatic rings. The number of nitrogens with zero attached hydrogens (tertiary/aromatic N) is 2. The minimum absolute atomic E-state index is 0.101. The third-order valence-electron chi connectivity index (χ3n) is 3.40. The van der Waals surface area contributed by atoms with Crippen LogP contribution >= 0.6 is 11.3 Å². The molecule has 0 saturated carbocycles. The van der Waals surface area contributed by atoms with Crippen molar-refractivity contribution in [3.8, 4) is 0 Å². The number of hydrogen-bond acceptors (Lipinski definition) is 3. The lowest BCUT2D eigenvalue weighted by Gasteiger charge is -2.26. The van der Waals surface area contributed by atoms with Crippen LogP contribution in [0, 0.1) is 0 Å². The number of aromatic nitrogens is 2. The van der Waals surface area contributed by atoms with Gasteiger partial charge in [-0.25, -0.2) is 9.97 Å². The van der Waals surface area contributed by atoms with Gasteiger partial charge < -0.3 is 0 Å². The summed E-state index contributed by atoms with van der Waals surface area (Å²) in [6.45, 7) is 18.0. The molecule has 0 aromatic carbocycles. The van der Waals surface area contributed by atoms with E-state index in [0.717, 1.165) is 11.3 Å². The first kappa shape index (κ1) is 15.4. The largest absolute Gasteiger partial charge is 0.240 e. The van der Waals surface area contributed by atoms with Crippen LogP contribution in [0.15, 0.2) is 6.20 Å². The van der Waals surface area contributed by atoms with E-state index >= 15 is 0 Å². The van der Waals surface area contributed by atoms with Crippen LogP contribution in [0.4, 0.5) is 0 Å². The number of hydrogen-bond donors (Lipinski definition) is 0. The van der Waals surface area contributed by atoms with E-state index in [0.29, 0.717) is 5.92 Å². The zero-order chi connectivity index (χ0) is 15.3. The molecule has 2 aromatic heterocycles. The quantitative estimate of drug-likeness (QED) is 0.701. The maximum atomic E-state index is 4.87. The average Bonchev–Trinajstić information content (AvgIpc) is 2.65. The highest BCUT2D eigenvalue weighted by molar-refractivity contribution is 7.19. The Hall–Kier alpha value is -0.960. The molecule has 0 aliphatic carbocycles. The van der Waals surface area contributed by atoms with Crippen molar-refractivity contribution in [2.75, 3.05) is 0 Å². The minimum atomic E-state index is 0.101. The van der Waals surface area contributed by atoms with Gasteiger partial charge >= 0.3 is 0 Å². The molecule has 0 saturated heterocycles. The van der Waals surface area contributed by atoms with Crippen LogP contribution in [0.3, 0.4) is 0 Å². The standard InChI is InChI=1S/C17H26N2S/c1-10(2)15-18-9-11-13(19-15)12(16(3,4)5)14(20-11)17(6,7)8/h9-10H,1-8H3.